The van der Waals surface area contributed by atoms with Gasteiger partial charge in [0.1, 0.15) is 28.9 Å². The molecule has 0 aliphatic heterocycles. The number of aromatic nitrogens is 5. The number of imidazole rings is 1. The number of aliphatic hydroxyl groups is 1. The fourth-order valence-electron chi connectivity index (χ4n) is 3.40. The van der Waals surface area contributed by atoms with Crippen LogP contribution in [0.25, 0.3) is 28.1 Å². The summed E-state index contributed by atoms with van der Waals surface area (Å²) in [6.45, 7) is 3.58. The van der Waals surface area contributed by atoms with Crippen molar-refractivity contribution in [2.45, 2.75) is 25.8 Å². The summed E-state index contributed by atoms with van der Waals surface area (Å²) in [5, 5.41) is 13.2. The Balaban J connectivity index is 2.04. The third-order valence-electron chi connectivity index (χ3n) is 4.85. The minimum absolute atomic E-state index is 0.126. The lowest BCUT2D eigenvalue weighted by Gasteiger charge is -2.18. The second-order valence-electron chi connectivity index (χ2n) is 6.94. The van der Waals surface area contributed by atoms with Crippen LogP contribution < -0.4 is 5.56 Å². The number of nitrogens with zero attached hydrogens (tertiary/aromatic N) is 5. The Hall–Kier alpha value is -3.11. The highest BCUT2D eigenvalue weighted by Gasteiger charge is 2.24. The molecule has 10 heteroatoms. The average molecular weight is 401 g/mol. The summed E-state index contributed by atoms with van der Waals surface area (Å²) >= 11 is 0. The van der Waals surface area contributed by atoms with Crippen molar-refractivity contribution in [1.29, 1.82) is 0 Å². The van der Waals surface area contributed by atoms with Gasteiger partial charge in [-0.1, -0.05) is 18.1 Å². The van der Waals surface area contributed by atoms with Crippen LogP contribution in [0.5, 0.6) is 0 Å². The quantitative estimate of drug-likeness (QED) is 0.527. The molecular weight excluding hydrogens is 381 g/mol. The Labute approximate surface area is 164 Å². The van der Waals surface area contributed by atoms with E-state index in [1.807, 2.05) is 0 Å². The molecular formula is C19H20FN5O4. The summed E-state index contributed by atoms with van der Waals surface area (Å²) in [4.78, 5) is 22.0. The van der Waals surface area contributed by atoms with Crippen molar-refractivity contribution in [2.24, 2.45) is 0 Å². The molecule has 0 amide bonds. The van der Waals surface area contributed by atoms with E-state index in [0.717, 1.165) is 0 Å². The van der Waals surface area contributed by atoms with Crippen molar-refractivity contribution >= 4 is 16.6 Å². The van der Waals surface area contributed by atoms with Gasteiger partial charge in [-0.3, -0.25) is 13.8 Å². The summed E-state index contributed by atoms with van der Waals surface area (Å²) in [7, 11) is 1.52. The normalized spacial score (nSPS) is 14.0. The monoisotopic (exact) mass is 401 g/mol. The van der Waals surface area contributed by atoms with Crippen molar-refractivity contribution in [3.63, 3.8) is 0 Å². The van der Waals surface area contributed by atoms with Crippen LogP contribution in [0.4, 0.5) is 4.39 Å². The fourth-order valence-corrected chi connectivity index (χ4v) is 3.40. The number of para-hydroxylation sites is 1. The molecule has 0 spiro atoms. The number of halogens is 1. The molecule has 0 fully saturated rings. The van der Waals surface area contributed by atoms with Crippen LogP contribution in [-0.2, 0) is 4.74 Å². The summed E-state index contributed by atoms with van der Waals surface area (Å²) in [5.41, 5.74) is 0.630. The van der Waals surface area contributed by atoms with Crippen LogP contribution >= 0.6 is 0 Å². The standard InChI is InChI=1S/C19H20FN5O4/c1-10(7-26)18-22-17(23-29-18)14-16-19(27)25(11(2)8-28-3)15-12(20)5-4-6-13(15)24(16)9-21-14/h4-6,9-11,26H,7-8H2,1-3H3. The third-order valence-corrected chi connectivity index (χ3v) is 4.85. The lowest BCUT2D eigenvalue weighted by Crippen LogP contribution is -2.28. The summed E-state index contributed by atoms with van der Waals surface area (Å²) in [6, 6.07) is 4.17. The second-order valence-corrected chi connectivity index (χ2v) is 6.94. The highest BCUT2D eigenvalue weighted by Crippen LogP contribution is 2.26. The summed E-state index contributed by atoms with van der Waals surface area (Å²) in [5.74, 6) is -0.498. The zero-order chi connectivity index (χ0) is 20.7. The topological polar surface area (TPSA) is 108 Å². The van der Waals surface area contributed by atoms with E-state index in [0.29, 0.717) is 5.52 Å². The Morgan fingerprint density at radius 2 is 2.10 bits per heavy atom. The number of benzene rings is 1. The predicted octanol–water partition coefficient (Wildman–Crippen LogP) is 2.14. The Bertz CT molecular complexity index is 1240. The molecule has 0 radical (unpaired) electrons. The van der Waals surface area contributed by atoms with Gasteiger partial charge in [0.15, 0.2) is 0 Å². The number of rotatable bonds is 6. The van der Waals surface area contributed by atoms with Crippen molar-refractivity contribution in [2.75, 3.05) is 20.3 Å². The molecule has 0 aliphatic rings. The van der Waals surface area contributed by atoms with Crippen LogP contribution in [0.15, 0.2) is 33.8 Å². The fraction of sp³-hybridized carbons (Fsp3) is 0.368. The largest absolute Gasteiger partial charge is 0.396 e. The van der Waals surface area contributed by atoms with Gasteiger partial charge in [-0.15, -0.1) is 0 Å². The first-order chi connectivity index (χ1) is 14.0. The second kappa shape index (κ2) is 7.37. The molecule has 3 heterocycles. The smallest absolute Gasteiger partial charge is 0.278 e. The number of methoxy groups -OCH3 is 1. The molecule has 0 aliphatic carbocycles. The maximum atomic E-state index is 14.7. The number of hydrogen-bond donors (Lipinski definition) is 1. The molecule has 4 aromatic rings. The Morgan fingerprint density at radius 1 is 1.31 bits per heavy atom. The number of ether oxygens (including phenoxy) is 1. The number of aliphatic hydroxyl groups excluding tert-OH is 1. The summed E-state index contributed by atoms with van der Waals surface area (Å²) < 4.78 is 28.0. The lowest BCUT2D eigenvalue weighted by molar-refractivity contribution is 0.162. The molecule has 2 atom stereocenters. The average Bonchev–Trinajstić information content (AvgIpc) is 3.36. The van der Waals surface area contributed by atoms with E-state index in [1.54, 1.807) is 26.0 Å². The van der Waals surface area contributed by atoms with Crippen LogP contribution in [0.1, 0.15) is 31.7 Å². The molecule has 152 valence electrons. The van der Waals surface area contributed by atoms with Crippen LogP contribution in [0.2, 0.25) is 0 Å². The first-order valence-corrected chi connectivity index (χ1v) is 9.11. The molecule has 0 saturated heterocycles. The van der Waals surface area contributed by atoms with Crippen LogP contribution in [-0.4, -0.2) is 49.5 Å². The molecule has 0 saturated carbocycles. The van der Waals surface area contributed by atoms with Gasteiger partial charge in [0, 0.05) is 7.11 Å². The predicted molar refractivity (Wildman–Crippen MR) is 102 cm³/mol. The van der Waals surface area contributed by atoms with E-state index in [4.69, 9.17) is 9.26 Å². The third kappa shape index (κ3) is 3.00. The van der Waals surface area contributed by atoms with Crippen molar-refractivity contribution in [1.82, 2.24) is 24.1 Å². The highest BCUT2D eigenvalue weighted by atomic mass is 19.1. The van der Waals surface area contributed by atoms with E-state index in [2.05, 4.69) is 15.1 Å². The van der Waals surface area contributed by atoms with Gasteiger partial charge in [-0.25, -0.2) is 9.37 Å². The molecule has 4 rings (SSSR count). The molecule has 9 nitrogen and oxygen atoms in total. The van der Waals surface area contributed by atoms with E-state index in [-0.39, 0.29) is 47.6 Å². The van der Waals surface area contributed by atoms with E-state index in [9.17, 15) is 14.3 Å². The van der Waals surface area contributed by atoms with Gasteiger partial charge < -0.3 is 14.4 Å². The Morgan fingerprint density at radius 3 is 2.83 bits per heavy atom. The number of fused-ring (bicyclic) bond motifs is 3. The first-order valence-electron chi connectivity index (χ1n) is 9.11. The molecule has 0 bridgehead atoms. The molecule has 2 unspecified atom stereocenters. The van der Waals surface area contributed by atoms with Gasteiger partial charge in [-0.2, -0.15) is 4.98 Å². The van der Waals surface area contributed by atoms with E-state index in [1.165, 1.54) is 28.5 Å². The zero-order valence-corrected chi connectivity index (χ0v) is 16.2. The van der Waals surface area contributed by atoms with E-state index < -0.39 is 17.4 Å². The molecule has 29 heavy (non-hydrogen) atoms. The van der Waals surface area contributed by atoms with Crippen molar-refractivity contribution < 1.29 is 18.8 Å². The maximum absolute atomic E-state index is 14.7. The Kier molecular flexibility index (Phi) is 4.89. The first kappa shape index (κ1) is 19.2. The van der Waals surface area contributed by atoms with E-state index >= 15 is 0 Å². The van der Waals surface area contributed by atoms with Gasteiger partial charge in [0.05, 0.1) is 30.7 Å². The molecule has 3 aromatic heterocycles. The molecule has 1 N–H and O–H groups in total. The van der Waals surface area contributed by atoms with Gasteiger partial charge in [0.2, 0.25) is 11.7 Å². The maximum Gasteiger partial charge on any atom is 0.278 e. The number of hydrogen-bond acceptors (Lipinski definition) is 7. The van der Waals surface area contributed by atoms with Gasteiger partial charge in [-0.05, 0) is 19.1 Å². The zero-order valence-electron chi connectivity index (χ0n) is 16.2. The minimum atomic E-state index is -0.515. The van der Waals surface area contributed by atoms with Gasteiger partial charge >= 0.3 is 0 Å². The SMILES string of the molecule is COCC(C)n1c(=O)c2c(-c3noc(C(C)CO)n3)ncn2c2cccc(F)c21. The van der Waals surface area contributed by atoms with Crippen LogP contribution in [0.3, 0.4) is 0 Å². The van der Waals surface area contributed by atoms with Crippen LogP contribution in [0, 0.1) is 5.82 Å². The van der Waals surface area contributed by atoms with Crippen molar-refractivity contribution in [3.8, 4) is 11.5 Å². The highest BCUT2D eigenvalue weighted by molar-refractivity contribution is 5.84. The summed E-state index contributed by atoms with van der Waals surface area (Å²) in [6.07, 6.45) is 1.44. The lowest BCUT2D eigenvalue weighted by atomic mass is 10.2. The molecule has 1 aromatic carbocycles. The van der Waals surface area contributed by atoms with Crippen molar-refractivity contribution in [3.05, 3.63) is 46.6 Å². The van der Waals surface area contributed by atoms with Gasteiger partial charge in [0.25, 0.3) is 5.56 Å². The minimum Gasteiger partial charge on any atom is -0.396 e.